The highest BCUT2D eigenvalue weighted by Gasteiger charge is 2.13. The van der Waals surface area contributed by atoms with E-state index in [1.165, 1.54) is 24.3 Å². The molecule has 2 rings (SSSR count). The lowest BCUT2D eigenvalue weighted by Crippen LogP contribution is -2.06. The smallest absolute Gasteiger partial charge is 0.336 e. The van der Waals surface area contributed by atoms with E-state index in [1.807, 2.05) is 19.1 Å². The lowest BCUT2D eigenvalue weighted by Gasteiger charge is -1.98. The Morgan fingerprint density at radius 2 is 1.35 bits per heavy atom. The number of carbonyl (C=O) groups is 2. The minimum atomic E-state index is -1.23. The average Bonchev–Trinajstić information content (AvgIpc) is 2.39. The van der Waals surface area contributed by atoms with Crippen LogP contribution in [0.25, 0.3) is 0 Å². The summed E-state index contributed by atoms with van der Waals surface area (Å²) in [6, 6.07) is 12.6. The third-order valence-electron chi connectivity index (χ3n) is 2.39. The summed E-state index contributed by atoms with van der Waals surface area (Å²) in [5.74, 6) is -2.12. The lowest BCUT2D eigenvalue weighted by atomic mass is 10.1. The molecule has 0 fully saturated rings. The fourth-order valence-electron chi connectivity index (χ4n) is 1.48. The van der Waals surface area contributed by atoms with E-state index >= 15 is 0 Å². The molecule has 0 saturated heterocycles. The normalized spacial score (nSPS) is 9.25. The number of phenolic OH excluding ortho intramolecular Hbond substituents is 1. The van der Waals surface area contributed by atoms with Crippen molar-refractivity contribution in [3.63, 3.8) is 0 Å². The highest BCUT2D eigenvalue weighted by molar-refractivity contribution is 6.01. The van der Waals surface area contributed by atoms with Crippen molar-refractivity contribution in [2.75, 3.05) is 0 Å². The van der Waals surface area contributed by atoms with Crippen LogP contribution in [0.4, 0.5) is 0 Å². The average molecular weight is 274 g/mol. The third-order valence-corrected chi connectivity index (χ3v) is 2.39. The van der Waals surface area contributed by atoms with Crippen molar-refractivity contribution in [2.24, 2.45) is 0 Å². The third kappa shape index (κ3) is 4.45. The van der Waals surface area contributed by atoms with Crippen LogP contribution in [0.2, 0.25) is 0 Å². The molecule has 3 N–H and O–H groups in total. The number of hydrogen-bond acceptors (Lipinski definition) is 3. The fourth-order valence-corrected chi connectivity index (χ4v) is 1.48. The largest absolute Gasteiger partial charge is 0.508 e. The van der Waals surface area contributed by atoms with Gasteiger partial charge in [0.25, 0.3) is 0 Å². The van der Waals surface area contributed by atoms with Gasteiger partial charge in [0.05, 0.1) is 11.1 Å². The number of aromatic carboxylic acids is 2. The SMILES string of the molecule is Cc1cccc(O)c1.O=C(O)c1ccccc1C(=O)O. The predicted octanol–water partition coefficient (Wildman–Crippen LogP) is 2.78. The number of benzene rings is 2. The van der Waals surface area contributed by atoms with E-state index in [0.29, 0.717) is 5.75 Å². The van der Waals surface area contributed by atoms with Crippen LogP contribution >= 0.6 is 0 Å². The highest BCUT2D eigenvalue weighted by atomic mass is 16.4. The molecule has 5 nitrogen and oxygen atoms in total. The Balaban J connectivity index is 0.000000217. The molecule has 0 unspecified atom stereocenters. The molecular weight excluding hydrogens is 260 g/mol. The predicted molar refractivity (Wildman–Crippen MR) is 73.2 cm³/mol. The Morgan fingerprint density at radius 1 is 0.850 bits per heavy atom. The molecule has 2 aromatic carbocycles. The molecule has 0 saturated carbocycles. The highest BCUT2D eigenvalue weighted by Crippen LogP contribution is 2.08. The summed E-state index contributed by atoms with van der Waals surface area (Å²) in [6.07, 6.45) is 0. The molecule has 0 aliphatic carbocycles. The lowest BCUT2D eigenvalue weighted by molar-refractivity contribution is 0.0651. The maximum atomic E-state index is 10.5. The molecule has 0 radical (unpaired) electrons. The van der Waals surface area contributed by atoms with Crippen molar-refractivity contribution in [3.05, 3.63) is 65.2 Å². The maximum absolute atomic E-state index is 10.5. The molecule has 2 aromatic rings. The first kappa shape index (κ1) is 15.2. The topological polar surface area (TPSA) is 94.8 Å². The van der Waals surface area contributed by atoms with Gasteiger partial charge >= 0.3 is 11.9 Å². The molecule has 104 valence electrons. The molecule has 0 aromatic heterocycles. The van der Waals surface area contributed by atoms with Crippen LogP contribution in [-0.2, 0) is 0 Å². The van der Waals surface area contributed by atoms with E-state index < -0.39 is 11.9 Å². The van der Waals surface area contributed by atoms with Gasteiger partial charge in [-0.1, -0.05) is 24.3 Å². The summed E-state index contributed by atoms with van der Waals surface area (Å²) in [6.45, 7) is 1.94. The van der Waals surface area contributed by atoms with Crippen LogP contribution in [0.15, 0.2) is 48.5 Å². The van der Waals surface area contributed by atoms with Crippen LogP contribution in [0.3, 0.4) is 0 Å². The van der Waals surface area contributed by atoms with Gasteiger partial charge in [-0.2, -0.15) is 0 Å². The number of aromatic hydroxyl groups is 1. The number of hydrogen-bond donors (Lipinski definition) is 3. The van der Waals surface area contributed by atoms with Gasteiger partial charge < -0.3 is 15.3 Å². The van der Waals surface area contributed by atoms with Gasteiger partial charge in [0.1, 0.15) is 5.75 Å². The number of rotatable bonds is 2. The van der Waals surface area contributed by atoms with E-state index in [4.69, 9.17) is 15.3 Å². The van der Waals surface area contributed by atoms with Gasteiger partial charge in [0.2, 0.25) is 0 Å². The van der Waals surface area contributed by atoms with Gasteiger partial charge in [-0.05, 0) is 36.8 Å². The zero-order valence-electron chi connectivity index (χ0n) is 10.8. The summed E-state index contributed by atoms with van der Waals surface area (Å²) in [5.41, 5.74) is 0.708. The van der Waals surface area contributed by atoms with Crippen LogP contribution in [0.1, 0.15) is 26.3 Å². The summed E-state index contributed by atoms with van der Waals surface area (Å²) < 4.78 is 0. The fraction of sp³-hybridized carbons (Fsp3) is 0.0667. The number of carboxylic acid groups (broad SMARTS) is 2. The maximum Gasteiger partial charge on any atom is 0.336 e. The van der Waals surface area contributed by atoms with Crippen LogP contribution in [0, 0.1) is 6.92 Å². The molecule has 0 aliphatic heterocycles. The van der Waals surface area contributed by atoms with Gasteiger partial charge in [-0.3, -0.25) is 0 Å². The first-order chi connectivity index (χ1) is 9.41. The molecule has 20 heavy (non-hydrogen) atoms. The Bertz CT molecular complexity index is 569. The van der Waals surface area contributed by atoms with Crippen LogP contribution in [0.5, 0.6) is 5.75 Å². The Labute approximate surface area is 115 Å². The Morgan fingerprint density at radius 3 is 1.65 bits per heavy atom. The second kappa shape index (κ2) is 6.94. The van der Waals surface area contributed by atoms with Crippen LogP contribution in [-0.4, -0.2) is 27.3 Å². The summed E-state index contributed by atoms with van der Waals surface area (Å²) in [4.78, 5) is 20.9. The number of phenols is 1. The second-order valence-electron chi connectivity index (χ2n) is 3.99. The molecule has 5 heteroatoms. The van der Waals surface area contributed by atoms with Crippen molar-refractivity contribution in [3.8, 4) is 5.75 Å². The zero-order valence-corrected chi connectivity index (χ0v) is 10.8. The van der Waals surface area contributed by atoms with E-state index in [0.717, 1.165) is 5.56 Å². The Kier molecular flexibility index (Phi) is 5.29. The molecule has 0 spiro atoms. The van der Waals surface area contributed by atoms with Gasteiger partial charge in [-0.25, -0.2) is 9.59 Å². The second-order valence-corrected chi connectivity index (χ2v) is 3.99. The molecule has 0 amide bonds. The summed E-state index contributed by atoms with van der Waals surface area (Å²) in [5, 5.41) is 25.9. The van der Waals surface area contributed by atoms with E-state index in [9.17, 15) is 9.59 Å². The molecule has 0 heterocycles. The zero-order chi connectivity index (χ0) is 15.1. The van der Waals surface area contributed by atoms with Crippen molar-refractivity contribution in [1.29, 1.82) is 0 Å². The first-order valence-corrected chi connectivity index (χ1v) is 5.73. The van der Waals surface area contributed by atoms with E-state index in [2.05, 4.69) is 0 Å². The van der Waals surface area contributed by atoms with E-state index in [1.54, 1.807) is 12.1 Å². The Hall–Kier alpha value is -2.82. The number of carboxylic acids is 2. The quantitative estimate of drug-likeness (QED) is 0.782. The van der Waals surface area contributed by atoms with Crippen LogP contribution < -0.4 is 0 Å². The van der Waals surface area contributed by atoms with Crippen molar-refractivity contribution in [2.45, 2.75) is 6.92 Å². The molecule has 0 aliphatic rings. The van der Waals surface area contributed by atoms with E-state index in [-0.39, 0.29) is 11.1 Å². The van der Waals surface area contributed by atoms with Crippen molar-refractivity contribution < 1.29 is 24.9 Å². The van der Waals surface area contributed by atoms with Gasteiger partial charge in [0.15, 0.2) is 0 Å². The molecule has 0 bridgehead atoms. The summed E-state index contributed by atoms with van der Waals surface area (Å²) >= 11 is 0. The monoisotopic (exact) mass is 274 g/mol. The summed E-state index contributed by atoms with van der Waals surface area (Å²) in [7, 11) is 0. The number of aryl methyl sites for hydroxylation is 1. The standard InChI is InChI=1S/C8H6O4.C7H8O/c9-7(10)5-3-1-2-4-6(5)8(11)12;1-6-3-2-4-7(8)5-6/h1-4H,(H,9,10)(H,11,12);2-5,8H,1H3. The van der Waals surface area contributed by atoms with Crippen molar-refractivity contribution in [1.82, 2.24) is 0 Å². The molecule has 0 atom stereocenters. The minimum absolute atomic E-state index is 0.190. The minimum Gasteiger partial charge on any atom is -0.508 e. The van der Waals surface area contributed by atoms with Crippen molar-refractivity contribution >= 4 is 11.9 Å². The molecular formula is C15H14O5. The van der Waals surface area contributed by atoms with Gasteiger partial charge in [0, 0.05) is 0 Å². The van der Waals surface area contributed by atoms with Gasteiger partial charge in [-0.15, -0.1) is 0 Å². The first-order valence-electron chi connectivity index (χ1n) is 5.73.